The smallest absolute Gasteiger partial charge is 0.283 e. The number of thiazole rings is 1. The number of nitrogens with one attached hydrogen (secondary N) is 1. The summed E-state index contributed by atoms with van der Waals surface area (Å²) in [7, 11) is 0. The first-order chi connectivity index (χ1) is 11.0. The number of carbonyl (C=O) groups is 1. The van der Waals surface area contributed by atoms with Crippen LogP contribution in [0.15, 0.2) is 23.3 Å². The van der Waals surface area contributed by atoms with Crippen LogP contribution in [0.2, 0.25) is 5.02 Å². The van der Waals surface area contributed by atoms with Gasteiger partial charge in [-0.25, -0.2) is 10.4 Å². The molecule has 0 unspecified atom stereocenters. The van der Waals surface area contributed by atoms with Crippen molar-refractivity contribution in [2.45, 2.75) is 20.3 Å². The number of hydrogen-bond donors (Lipinski definition) is 2. The predicted octanol–water partition coefficient (Wildman–Crippen LogP) is 3.10. The number of hydrazone groups is 1. The van der Waals surface area contributed by atoms with Crippen molar-refractivity contribution < 1.29 is 9.53 Å². The maximum Gasteiger partial charge on any atom is 0.283 e. The summed E-state index contributed by atoms with van der Waals surface area (Å²) >= 11 is 7.24. The molecule has 3 N–H and O–H groups in total. The number of halogens is 1. The summed E-state index contributed by atoms with van der Waals surface area (Å²) in [5.41, 5.74) is 9.52. The van der Waals surface area contributed by atoms with Gasteiger partial charge in [-0.05, 0) is 37.1 Å². The lowest BCUT2D eigenvalue weighted by molar-refractivity contribution is 0.0958. The molecule has 0 aliphatic rings. The number of ether oxygens (including phenoxy) is 1. The molecule has 0 aliphatic carbocycles. The van der Waals surface area contributed by atoms with Crippen LogP contribution in [-0.4, -0.2) is 23.7 Å². The van der Waals surface area contributed by atoms with Gasteiger partial charge in [0.1, 0.15) is 10.6 Å². The molecule has 1 amide bonds. The number of nitrogens with two attached hydrogens (primary N) is 1. The number of anilines is 1. The highest BCUT2D eigenvalue weighted by Crippen LogP contribution is 2.25. The Morgan fingerprint density at radius 3 is 2.96 bits per heavy atom. The summed E-state index contributed by atoms with van der Waals surface area (Å²) in [5.74, 6) is 0.285. The monoisotopic (exact) mass is 352 g/mol. The maximum atomic E-state index is 12.1. The van der Waals surface area contributed by atoms with Crippen LogP contribution in [0.25, 0.3) is 0 Å². The summed E-state index contributed by atoms with van der Waals surface area (Å²) in [4.78, 5) is 16.7. The number of nitrogens with zero attached hydrogens (tertiary/aromatic N) is 2. The Morgan fingerprint density at radius 1 is 1.52 bits per heavy atom. The summed E-state index contributed by atoms with van der Waals surface area (Å²) < 4.78 is 5.36. The van der Waals surface area contributed by atoms with Crippen molar-refractivity contribution in [3.8, 4) is 5.75 Å². The van der Waals surface area contributed by atoms with Gasteiger partial charge in [0.05, 0.1) is 23.5 Å². The molecule has 0 saturated carbocycles. The van der Waals surface area contributed by atoms with Gasteiger partial charge in [-0.15, -0.1) is 0 Å². The Hall–Kier alpha value is -2.12. The molecule has 0 bridgehead atoms. The van der Waals surface area contributed by atoms with Gasteiger partial charge in [0.25, 0.3) is 5.91 Å². The molecule has 0 saturated heterocycles. The summed E-state index contributed by atoms with van der Waals surface area (Å²) in [6, 6.07) is 5.27. The minimum atomic E-state index is -0.329. The molecule has 6 nitrogen and oxygen atoms in total. The van der Waals surface area contributed by atoms with E-state index in [4.69, 9.17) is 22.1 Å². The molecule has 1 aromatic carbocycles. The lowest BCUT2D eigenvalue weighted by Crippen LogP contribution is -2.17. The van der Waals surface area contributed by atoms with E-state index in [-0.39, 0.29) is 5.91 Å². The Balaban J connectivity index is 2.03. The van der Waals surface area contributed by atoms with Crippen LogP contribution in [0.3, 0.4) is 0 Å². The van der Waals surface area contributed by atoms with Crippen molar-refractivity contribution in [3.05, 3.63) is 39.4 Å². The van der Waals surface area contributed by atoms with Crippen molar-refractivity contribution >= 4 is 40.2 Å². The molecular formula is C15H17ClN4O2S. The first kappa shape index (κ1) is 17.2. The average molecular weight is 353 g/mol. The Kier molecular flexibility index (Phi) is 5.95. The van der Waals surface area contributed by atoms with E-state index >= 15 is 0 Å². The third kappa shape index (κ3) is 4.43. The molecular weight excluding hydrogens is 336 g/mol. The molecule has 0 atom stereocenters. The van der Waals surface area contributed by atoms with E-state index in [2.05, 4.69) is 15.5 Å². The number of amides is 1. The molecule has 1 aromatic heterocycles. The van der Waals surface area contributed by atoms with Gasteiger partial charge in [-0.2, -0.15) is 5.10 Å². The number of nitrogen functional groups attached to an aromatic ring is 1. The number of benzene rings is 1. The molecule has 0 radical (unpaired) electrons. The van der Waals surface area contributed by atoms with Gasteiger partial charge < -0.3 is 10.5 Å². The maximum absolute atomic E-state index is 12.1. The molecule has 122 valence electrons. The van der Waals surface area contributed by atoms with Crippen molar-refractivity contribution in [1.82, 2.24) is 10.4 Å². The fourth-order valence-corrected chi connectivity index (χ4v) is 2.93. The zero-order chi connectivity index (χ0) is 16.8. The minimum absolute atomic E-state index is 0.329. The van der Waals surface area contributed by atoms with Crippen molar-refractivity contribution in [2.24, 2.45) is 5.10 Å². The number of rotatable bonds is 6. The van der Waals surface area contributed by atoms with E-state index in [9.17, 15) is 4.79 Å². The molecule has 0 aliphatic heterocycles. The standard InChI is InChI=1S/C15H17ClN4O2S/c1-3-11-13(23-15(17)19-11)14(21)20-18-8-9-5-6-12(22-4-2)10(16)7-9/h5-8H,3-4H2,1-2H3,(H2,17,19)(H,20,21)/b18-8-. The van der Waals surface area contributed by atoms with E-state index in [1.807, 2.05) is 13.8 Å². The second-order valence-corrected chi connectivity index (χ2v) is 5.94. The average Bonchev–Trinajstić information content (AvgIpc) is 2.91. The highest BCUT2D eigenvalue weighted by atomic mass is 35.5. The van der Waals surface area contributed by atoms with Crippen LogP contribution >= 0.6 is 22.9 Å². The first-order valence-electron chi connectivity index (χ1n) is 7.06. The zero-order valence-corrected chi connectivity index (χ0v) is 14.4. The Bertz CT molecular complexity index is 730. The number of carbonyl (C=O) groups excluding carboxylic acids is 1. The van der Waals surface area contributed by atoms with E-state index < -0.39 is 0 Å². The SMILES string of the molecule is CCOc1ccc(/C=N\NC(=O)c2sc(N)nc2CC)cc1Cl. The molecule has 0 fully saturated rings. The zero-order valence-electron chi connectivity index (χ0n) is 12.8. The minimum Gasteiger partial charge on any atom is -0.492 e. The molecule has 23 heavy (non-hydrogen) atoms. The van der Waals surface area contributed by atoms with Gasteiger partial charge in [0.15, 0.2) is 5.13 Å². The molecule has 8 heteroatoms. The second kappa shape index (κ2) is 7.94. The normalized spacial score (nSPS) is 10.9. The second-order valence-electron chi connectivity index (χ2n) is 4.50. The van der Waals surface area contributed by atoms with Crippen molar-refractivity contribution in [1.29, 1.82) is 0 Å². The fraction of sp³-hybridized carbons (Fsp3) is 0.267. The third-order valence-corrected chi connectivity index (χ3v) is 4.11. The van der Waals surface area contributed by atoms with Gasteiger partial charge >= 0.3 is 0 Å². The predicted molar refractivity (Wildman–Crippen MR) is 93.6 cm³/mol. The first-order valence-corrected chi connectivity index (χ1v) is 8.25. The van der Waals surface area contributed by atoms with Crippen LogP contribution in [-0.2, 0) is 6.42 Å². The summed E-state index contributed by atoms with van der Waals surface area (Å²) in [5, 5.41) is 4.79. The van der Waals surface area contributed by atoms with Crippen LogP contribution in [0, 0.1) is 0 Å². The molecule has 0 spiro atoms. The van der Waals surface area contributed by atoms with Gasteiger partial charge in [0, 0.05) is 0 Å². The van der Waals surface area contributed by atoms with Crippen LogP contribution in [0.4, 0.5) is 5.13 Å². The van der Waals surface area contributed by atoms with Gasteiger partial charge in [-0.1, -0.05) is 29.9 Å². The Labute approximate surface area is 143 Å². The highest BCUT2D eigenvalue weighted by molar-refractivity contribution is 7.17. The molecule has 1 heterocycles. The van der Waals surface area contributed by atoms with Crippen LogP contribution in [0.1, 0.15) is 34.8 Å². The Morgan fingerprint density at radius 2 is 2.30 bits per heavy atom. The van der Waals surface area contributed by atoms with Gasteiger partial charge in [-0.3, -0.25) is 4.79 Å². The van der Waals surface area contributed by atoms with Crippen LogP contribution < -0.4 is 15.9 Å². The van der Waals surface area contributed by atoms with Gasteiger partial charge in [0.2, 0.25) is 0 Å². The molecule has 2 rings (SSSR count). The van der Waals surface area contributed by atoms with E-state index in [1.165, 1.54) is 6.21 Å². The van der Waals surface area contributed by atoms with E-state index in [1.54, 1.807) is 18.2 Å². The largest absolute Gasteiger partial charge is 0.492 e. The lowest BCUT2D eigenvalue weighted by Gasteiger charge is -2.05. The highest BCUT2D eigenvalue weighted by Gasteiger charge is 2.15. The van der Waals surface area contributed by atoms with E-state index in [0.29, 0.717) is 39.5 Å². The van der Waals surface area contributed by atoms with Crippen molar-refractivity contribution in [3.63, 3.8) is 0 Å². The summed E-state index contributed by atoms with van der Waals surface area (Å²) in [6.45, 7) is 4.34. The quantitative estimate of drug-likeness (QED) is 0.617. The fourth-order valence-electron chi connectivity index (χ4n) is 1.87. The number of aromatic nitrogens is 1. The third-order valence-electron chi connectivity index (χ3n) is 2.89. The van der Waals surface area contributed by atoms with E-state index in [0.717, 1.165) is 16.9 Å². The van der Waals surface area contributed by atoms with Crippen molar-refractivity contribution in [2.75, 3.05) is 12.3 Å². The lowest BCUT2D eigenvalue weighted by atomic mass is 10.2. The molecule has 2 aromatic rings. The number of aryl methyl sites for hydroxylation is 1. The van der Waals surface area contributed by atoms with Crippen LogP contribution in [0.5, 0.6) is 5.75 Å². The topological polar surface area (TPSA) is 89.6 Å². The summed E-state index contributed by atoms with van der Waals surface area (Å²) in [6.07, 6.45) is 2.14. The number of hydrogen-bond acceptors (Lipinski definition) is 6.